The van der Waals surface area contributed by atoms with Crippen LogP contribution in [0.25, 0.3) is 0 Å². The van der Waals surface area contributed by atoms with Crippen molar-refractivity contribution in [2.45, 2.75) is 13.8 Å². The molecule has 124 valence electrons. The molecule has 7 heteroatoms. The molecule has 24 heavy (non-hydrogen) atoms. The van der Waals surface area contributed by atoms with E-state index < -0.39 is 0 Å². The third-order valence-corrected chi connectivity index (χ3v) is 4.79. The van der Waals surface area contributed by atoms with Gasteiger partial charge in [0.1, 0.15) is 11.5 Å². The van der Waals surface area contributed by atoms with Crippen molar-refractivity contribution in [1.82, 2.24) is 0 Å². The van der Waals surface area contributed by atoms with E-state index in [0.717, 1.165) is 5.30 Å². The van der Waals surface area contributed by atoms with Crippen LogP contribution in [0.4, 0.5) is 0 Å². The van der Waals surface area contributed by atoms with Crippen molar-refractivity contribution >= 4 is 61.5 Å². The number of rotatable bonds is 7. The van der Waals surface area contributed by atoms with E-state index in [2.05, 4.69) is 0 Å². The first kappa shape index (κ1) is 21.4. The average molecular weight is 379 g/mol. The van der Waals surface area contributed by atoms with E-state index in [1.54, 1.807) is 24.3 Å². The van der Waals surface area contributed by atoms with E-state index in [9.17, 15) is 4.79 Å². The molecular formula is C17H18Cl2LiO3P. The van der Waals surface area contributed by atoms with Crippen LogP contribution in [0.1, 0.15) is 24.2 Å². The van der Waals surface area contributed by atoms with Crippen LogP contribution in [0.15, 0.2) is 36.4 Å². The van der Waals surface area contributed by atoms with E-state index in [0.29, 0.717) is 40.3 Å². The topological polar surface area (TPSA) is 35.5 Å². The van der Waals surface area contributed by atoms with Crippen LogP contribution in [-0.2, 0) is 0 Å². The molecule has 0 aliphatic rings. The molecule has 2 aromatic carbocycles. The molecule has 1 unspecified atom stereocenters. The van der Waals surface area contributed by atoms with Crippen molar-refractivity contribution in [3.63, 3.8) is 0 Å². The number of carbonyl (C=O) groups is 1. The Labute approximate surface area is 166 Å². The van der Waals surface area contributed by atoms with E-state index in [1.807, 2.05) is 26.0 Å². The van der Waals surface area contributed by atoms with E-state index in [4.69, 9.17) is 32.7 Å². The summed E-state index contributed by atoms with van der Waals surface area (Å²) in [4.78, 5) is 12.6. The van der Waals surface area contributed by atoms with Gasteiger partial charge in [-0.25, -0.2) is 0 Å². The van der Waals surface area contributed by atoms with Gasteiger partial charge in [0.2, 0.25) is 0 Å². The first-order valence-electron chi connectivity index (χ1n) is 7.21. The Morgan fingerprint density at radius 1 is 1.04 bits per heavy atom. The van der Waals surface area contributed by atoms with Gasteiger partial charge in [-0.1, -0.05) is 29.3 Å². The summed E-state index contributed by atoms with van der Waals surface area (Å²) < 4.78 is 11.1. The number of hydrogen-bond donors (Lipinski definition) is 0. The summed E-state index contributed by atoms with van der Waals surface area (Å²) in [5, 5.41) is 1.52. The fraction of sp³-hybridized carbons (Fsp3) is 0.235. The molecule has 0 aliphatic heterocycles. The summed E-state index contributed by atoms with van der Waals surface area (Å²) in [5.41, 5.74) is 0.233. The molecular weight excluding hydrogens is 361 g/mol. The molecule has 1 atom stereocenters. The minimum absolute atomic E-state index is 0. The number of carbonyl (C=O) groups excluding carboxylic acids is 1. The first-order chi connectivity index (χ1) is 11.1. The van der Waals surface area contributed by atoms with Gasteiger partial charge in [0, 0.05) is 11.4 Å². The van der Waals surface area contributed by atoms with Crippen LogP contribution in [0.5, 0.6) is 11.5 Å². The summed E-state index contributed by atoms with van der Waals surface area (Å²) in [7, 11) is -0.133. The molecule has 0 saturated carbocycles. The average Bonchev–Trinajstić information content (AvgIpc) is 2.50. The molecule has 2 aromatic rings. The first-order valence-corrected chi connectivity index (χ1v) is 8.97. The van der Waals surface area contributed by atoms with Crippen LogP contribution >= 0.6 is 31.8 Å². The molecule has 0 radical (unpaired) electrons. The van der Waals surface area contributed by atoms with Crippen molar-refractivity contribution in [3.8, 4) is 11.5 Å². The van der Waals surface area contributed by atoms with Gasteiger partial charge in [0.05, 0.1) is 28.8 Å². The Kier molecular flexibility index (Phi) is 9.20. The second kappa shape index (κ2) is 10.3. The SMILES string of the molecule is CCOc1ccc(PC(=O)c2c(Cl)cccc2Cl)c(OCC)c1.[LiH]. The van der Waals surface area contributed by atoms with Gasteiger partial charge in [0.25, 0.3) is 0 Å². The molecule has 0 N–H and O–H groups in total. The zero-order valence-electron chi connectivity index (χ0n) is 12.9. The zero-order valence-corrected chi connectivity index (χ0v) is 15.4. The fourth-order valence-corrected chi connectivity index (χ4v) is 3.84. The summed E-state index contributed by atoms with van der Waals surface area (Å²) in [6.45, 7) is 4.89. The quantitative estimate of drug-likeness (QED) is 0.532. The summed E-state index contributed by atoms with van der Waals surface area (Å²) in [6, 6.07) is 10.5. The van der Waals surface area contributed by atoms with Gasteiger partial charge in [-0.3, -0.25) is 4.79 Å². The Balaban J connectivity index is 0.00000288. The Morgan fingerprint density at radius 3 is 2.25 bits per heavy atom. The van der Waals surface area contributed by atoms with Crippen LogP contribution in [0, 0.1) is 0 Å². The Morgan fingerprint density at radius 2 is 1.67 bits per heavy atom. The number of hydrogen-bond acceptors (Lipinski definition) is 3. The van der Waals surface area contributed by atoms with Crippen molar-refractivity contribution in [3.05, 3.63) is 52.0 Å². The third-order valence-electron chi connectivity index (χ3n) is 3.00. The monoisotopic (exact) mass is 378 g/mol. The van der Waals surface area contributed by atoms with Crippen molar-refractivity contribution < 1.29 is 14.3 Å². The van der Waals surface area contributed by atoms with Gasteiger partial charge >= 0.3 is 18.9 Å². The van der Waals surface area contributed by atoms with Gasteiger partial charge < -0.3 is 9.47 Å². The molecule has 0 spiro atoms. The van der Waals surface area contributed by atoms with Crippen LogP contribution in [-0.4, -0.2) is 37.6 Å². The Hall–Kier alpha value is -0.683. The number of ether oxygens (including phenoxy) is 2. The normalized spacial score (nSPS) is 10.5. The summed E-state index contributed by atoms with van der Waals surface area (Å²) in [6.07, 6.45) is 0. The fourth-order valence-electron chi connectivity index (χ4n) is 2.04. The number of benzene rings is 2. The molecule has 0 bridgehead atoms. The summed E-state index contributed by atoms with van der Waals surface area (Å²) >= 11 is 12.2. The molecule has 0 aromatic heterocycles. The second-order valence-electron chi connectivity index (χ2n) is 4.57. The summed E-state index contributed by atoms with van der Waals surface area (Å²) in [5.74, 6) is 1.36. The molecule has 0 saturated heterocycles. The predicted octanol–water partition coefficient (Wildman–Crippen LogP) is 4.29. The van der Waals surface area contributed by atoms with Crippen molar-refractivity contribution in [2.75, 3.05) is 13.2 Å². The van der Waals surface area contributed by atoms with Gasteiger partial charge in [-0.2, -0.15) is 0 Å². The van der Waals surface area contributed by atoms with Gasteiger partial charge in [-0.15, -0.1) is 0 Å². The van der Waals surface area contributed by atoms with Gasteiger partial charge in [-0.05, 0) is 46.7 Å². The number of halogens is 2. The van der Waals surface area contributed by atoms with Crippen LogP contribution in [0.3, 0.4) is 0 Å². The maximum absolute atomic E-state index is 12.6. The third kappa shape index (κ3) is 5.41. The predicted molar refractivity (Wildman–Crippen MR) is 105 cm³/mol. The molecule has 0 amide bonds. The molecule has 0 aliphatic carbocycles. The standard InChI is InChI=1S/C17H17Cl2O3P.Li.H/c1-3-21-11-8-9-15(14(10-11)22-4-2)23-17(20)16-12(18)6-5-7-13(16)19;;/h5-10,23H,3-4H2,1-2H3;;. The van der Waals surface area contributed by atoms with E-state index in [-0.39, 0.29) is 33.0 Å². The molecule has 3 nitrogen and oxygen atoms in total. The minimum atomic E-state index is -0.133. The zero-order chi connectivity index (χ0) is 16.8. The Bertz CT molecular complexity index is 690. The van der Waals surface area contributed by atoms with E-state index in [1.165, 1.54) is 0 Å². The molecule has 0 fully saturated rings. The van der Waals surface area contributed by atoms with Crippen molar-refractivity contribution in [2.24, 2.45) is 0 Å². The second-order valence-corrected chi connectivity index (χ2v) is 6.63. The van der Waals surface area contributed by atoms with Crippen LogP contribution in [0.2, 0.25) is 10.0 Å². The van der Waals surface area contributed by atoms with Crippen molar-refractivity contribution in [1.29, 1.82) is 0 Å². The maximum atomic E-state index is 12.6. The molecule has 0 heterocycles. The molecule has 2 rings (SSSR count). The van der Waals surface area contributed by atoms with E-state index >= 15 is 0 Å². The van der Waals surface area contributed by atoms with Crippen LogP contribution < -0.4 is 14.8 Å². The van der Waals surface area contributed by atoms with Gasteiger partial charge in [0.15, 0.2) is 5.52 Å².